The molecule has 0 aromatic heterocycles. The highest BCUT2D eigenvalue weighted by Gasteiger charge is 2.51. The Bertz CT molecular complexity index is 698. The summed E-state index contributed by atoms with van der Waals surface area (Å²) in [6, 6.07) is 4.71. The zero-order valence-corrected chi connectivity index (χ0v) is 14.3. The van der Waals surface area contributed by atoms with E-state index in [0.29, 0.717) is 23.6 Å². The molecule has 1 aliphatic heterocycles. The molecule has 128 valence electrons. The summed E-state index contributed by atoms with van der Waals surface area (Å²) < 4.78 is 0. The van der Waals surface area contributed by atoms with Crippen molar-refractivity contribution in [1.82, 2.24) is 10.2 Å². The number of imide groups is 1. The van der Waals surface area contributed by atoms with Crippen LogP contribution in [0, 0.1) is 6.92 Å². The van der Waals surface area contributed by atoms with E-state index < -0.39 is 17.5 Å². The van der Waals surface area contributed by atoms with E-state index in [1.54, 1.807) is 25.1 Å². The molecule has 1 heterocycles. The van der Waals surface area contributed by atoms with Gasteiger partial charge in [0.25, 0.3) is 5.91 Å². The molecule has 1 aromatic carbocycles. The Balaban J connectivity index is 1.69. The minimum atomic E-state index is -0.804. The number of anilines is 1. The third-order valence-corrected chi connectivity index (χ3v) is 5.21. The number of urea groups is 1. The molecule has 1 aliphatic carbocycles. The monoisotopic (exact) mass is 349 g/mol. The second-order valence-corrected chi connectivity index (χ2v) is 6.83. The van der Waals surface area contributed by atoms with E-state index in [4.69, 9.17) is 11.6 Å². The van der Waals surface area contributed by atoms with Gasteiger partial charge in [0, 0.05) is 10.7 Å². The van der Waals surface area contributed by atoms with E-state index in [1.165, 1.54) is 0 Å². The molecule has 24 heavy (non-hydrogen) atoms. The maximum Gasteiger partial charge on any atom is 0.325 e. The number of halogens is 1. The molecule has 7 heteroatoms. The van der Waals surface area contributed by atoms with Crippen LogP contribution in [0.1, 0.15) is 37.7 Å². The fourth-order valence-electron chi connectivity index (χ4n) is 3.39. The summed E-state index contributed by atoms with van der Waals surface area (Å²) in [5.74, 6) is -0.707. The lowest BCUT2D eigenvalue weighted by atomic mass is 9.82. The quantitative estimate of drug-likeness (QED) is 0.823. The minimum absolute atomic E-state index is 0.287. The third kappa shape index (κ3) is 2.98. The molecule has 3 rings (SSSR count). The smallest absolute Gasteiger partial charge is 0.324 e. The summed E-state index contributed by atoms with van der Waals surface area (Å²) >= 11 is 6.03. The van der Waals surface area contributed by atoms with Gasteiger partial charge in [0.2, 0.25) is 5.91 Å². The molecule has 2 N–H and O–H groups in total. The van der Waals surface area contributed by atoms with Gasteiger partial charge in [-0.2, -0.15) is 0 Å². The van der Waals surface area contributed by atoms with Gasteiger partial charge in [-0.15, -0.1) is 0 Å². The summed E-state index contributed by atoms with van der Waals surface area (Å²) in [6.07, 6.45) is 4.17. The Hall–Kier alpha value is -2.08. The Morgan fingerprint density at radius 1 is 1.29 bits per heavy atom. The molecule has 1 saturated carbocycles. The van der Waals surface area contributed by atoms with Gasteiger partial charge >= 0.3 is 6.03 Å². The van der Waals surface area contributed by atoms with Gasteiger partial charge in [-0.05, 0) is 37.5 Å². The van der Waals surface area contributed by atoms with Crippen LogP contribution in [0.25, 0.3) is 0 Å². The van der Waals surface area contributed by atoms with Crippen molar-refractivity contribution in [3.8, 4) is 0 Å². The van der Waals surface area contributed by atoms with E-state index in [0.717, 1.165) is 29.7 Å². The lowest BCUT2D eigenvalue weighted by molar-refractivity contribution is -0.134. The number of hydrogen-bond donors (Lipinski definition) is 2. The lowest BCUT2D eigenvalue weighted by Gasteiger charge is -2.30. The normalized spacial score (nSPS) is 19.5. The predicted octanol–water partition coefficient (Wildman–Crippen LogP) is 2.84. The van der Waals surface area contributed by atoms with Crippen LogP contribution in [-0.4, -0.2) is 34.8 Å². The molecule has 1 saturated heterocycles. The van der Waals surface area contributed by atoms with Gasteiger partial charge in [0.1, 0.15) is 12.1 Å². The Morgan fingerprint density at radius 3 is 2.71 bits per heavy atom. The van der Waals surface area contributed by atoms with Crippen LogP contribution in [-0.2, 0) is 9.59 Å². The van der Waals surface area contributed by atoms with E-state index in [1.807, 2.05) is 0 Å². The van der Waals surface area contributed by atoms with E-state index in [-0.39, 0.29) is 12.5 Å². The summed E-state index contributed by atoms with van der Waals surface area (Å²) in [4.78, 5) is 38.1. The molecular weight excluding hydrogens is 330 g/mol. The number of hydrogen-bond acceptors (Lipinski definition) is 3. The van der Waals surface area contributed by atoms with Crippen molar-refractivity contribution in [2.45, 2.75) is 44.6 Å². The third-order valence-electron chi connectivity index (χ3n) is 4.80. The fourth-order valence-corrected chi connectivity index (χ4v) is 3.56. The summed E-state index contributed by atoms with van der Waals surface area (Å²) in [5.41, 5.74) is 0.516. The molecule has 0 atom stereocenters. The highest BCUT2D eigenvalue weighted by molar-refractivity contribution is 6.31. The Kier molecular flexibility index (Phi) is 4.49. The number of rotatable bonds is 3. The first kappa shape index (κ1) is 16.8. The molecule has 2 fully saturated rings. The van der Waals surface area contributed by atoms with Crippen LogP contribution in [0.3, 0.4) is 0 Å². The first-order valence-electron chi connectivity index (χ1n) is 8.12. The Morgan fingerprint density at radius 2 is 2.00 bits per heavy atom. The van der Waals surface area contributed by atoms with Gasteiger partial charge in [-0.25, -0.2) is 4.79 Å². The second kappa shape index (κ2) is 6.43. The van der Waals surface area contributed by atoms with Crippen LogP contribution >= 0.6 is 11.6 Å². The SMILES string of the molecule is Cc1c(Cl)cccc1NC(=O)CN1C(=O)NC2(CCCCC2)C1=O. The summed E-state index contributed by atoms with van der Waals surface area (Å²) in [6.45, 7) is 1.50. The average Bonchev–Trinajstić information content (AvgIpc) is 2.77. The van der Waals surface area contributed by atoms with Crippen LogP contribution in [0.4, 0.5) is 10.5 Å². The maximum atomic E-state index is 12.6. The minimum Gasteiger partial charge on any atom is -0.324 e. The van der Waals surface area contributed by atoms with Crippen molar-refractivity contribution in [1.29, 1.82) is 0 Å². The van der Waals surface area contributed by atoms with Gasteiger partial charge in [0.15, 0.2) is 0 Å². The van der Waals surface area contributed by atoms with E-state index in [2.05, 4.69) is 10.6 Å². The lowest BCUT2D eigenvalue weighted by Crippen LogP contribution is -2.48. The van der Waals surface area contributed by atoms with Crippen molar-refractivity contribution in [2.24, 2.45) is 0 Å². The van der Waals surface area contributed by atoms with Crippen LogP contribution < -0.4 is 10.6 Å². The largest absolute Gasteiger partial charge is 0.325 e. The van der Waals surface area contributed by atoms with Crippen LogP contribution in [0.2, 0.25) is 5.02 Å². The molecule has 4 amide bonds. The first-order valence-corrected chi connectivity index (χ1v) is 8.50. The first-order chi connectivity index (χ1) is 11.4. The van der Waals surface area contributed by atoms with Gasteiger partial charge < -0.3 is 10.6 Å². The van der Waals surface area contributed by atoms with E-state index in [9.17, 15) is 14.4 Å². The van der Waals surface area contributed by atoms with Crippen LogP contribution in [0.15, 0.2) is 18.2 Å². The molecule has 0 unspecified atom stereocenters. The number of amides is 4. The number of nitrogens with zero attached hydrogens (tertiary/aromatic N) is 1. The fraction of sp³-hybridized carbons (Fsp3) is 0.471. The average molecular weight is 350 g/mol. The predicted molar refractivity (Wildman–Crippen MR) is 90.9 cm³/mol. The molecule has 0 bridgehead atoms. The summed E-state index contributed by atoms with van der Waals surface area (Å²) in [7, 11) is 0. The van der Waals surface area contributed by atoms with Crippen molar-refractivity contribution in [3.05, 3.63) is 28.8 Å². The van der Waals surface area contributed by atoms with Crippen molar-refractivity contribution >= 4 is 35.1 Å². The van der Waals surface area contributed by atoms with Crippen molar-refractivity contribution < 1.29 is 14.4 Å². The topological polar surface area (TPSA) is 78.5 Å². The number of carbonyl (C=O) groups excluding carboxylic acids is 3. The molecule has 1 aromatic rings. The molecule has 6 nitrogen and oxygen atoms in total. The van der Waals surface area contributed by atoms with Crippen LogP contribution in [0.5, 0.6) is 0 Å². The number of nitrogens with one attached hydrogen (secondary N) is 2. The standard InChI is InChI=1S/C17H20ClN3O3/c1-11-12(18)6-5-7-13(11)19-14(22)10-21-15(23)17(20-16(21)24)8-3-2-4-9-17/h5-7H,2-4,8-10H2,1H3,(H,19,22)(H,20,24). The molecule has 0 radical (unpaired) electrons. The van der Waals surface area contributed by atoms with Gasteiger partial charge in [-0.1, -0.05) is 36.9 Å². The van der Waals surface area contributed by atoms with Gasteiger partial charge in [0.05, 0.1) is 0 Å². The molecule has 1 spiro atoms. The van der Waals surface area contributed by atoms with Crippen molar-refractivity contribution in [3.63, 3.8) is 0 Å². The zero-order chi connectivity index (χ0) is 17.3. The van der Waals surface area contributed by atoms with Gasteiger partial charge in [-0.3, -0.25) is 14.5 Å². The molecule has 2 aliphatic rings. The Labute approximate surface area is 145 Å². The summed E-state index contributed by atoms with van der Waals surface area (Å²) in [5, 5.41) is 6.05. The maximum absolute atomic E-state index is 12.6. The number of carbonyl (C=O) groups is 3. The molecular formula is C17H20ClN3O3. The van der Waals surface area contributed by atoms with Crippen molar-refractivity contribution in [2.75, 3.05) is 11.9 Å². The van der Waals surface area contributed by atoms with E-state index >= 15 is 0 Å². The second-order valence-electron chi connectivity index (χ2n) is 6.42. The number of benzene rings is 1. The highest BCUT2D eigenvalue weighted by atomic mass is 35.5. The zero-order valence-electron chi connectivity index (χ0n) is 13.5. The highest BCUT2D eigenvalue weighted by Crippen LogP contribution is 2.33.